The Morgan fingerprint density at radius 2 is 1.62 bits per heavy atom. The van der Waals surface area contributed by atoms with Gasteiger partial charge in [-0.15, -0.1) is 0 Å². The molecule has 21 heavy (non-hydrogen) atoms. The molecule has 0 aromatic heterocycles. The zero-order chi connectivity index (χ0) is 15.6. The first-order chi connectivity index (χ1) is 9.74. The maximum absolute atomic E-state index is 12.2. The highest BCUT2D eigenvalue weighted by molar-refractivity contribution is 9.10. The topological polar surface area (TPSA) is 26.3 Å². The third-order valence-corrected chi connectivity index (χ3v) is 3.42. The van der Waals surface area contributed by atoms with Gasteiger partial charge >= 0.3 is 5.97 Å². The van der Waals surface area contributed by atoms with Crippen molar-refractivity contribution in [2.75, 3.05) is 0 Å². The van der Waals surface area contributed by atoms with Crippen LogP contribution in [-0.2, 0) is 4.74 Å². The molecule has 0 unspecified atom stereocenters. The number of ether oxygens (including phenoxy) is 1. The molecular weight excluding hydrogens is 328 g/mol. The summed E-state index contributed by atoms with van der Waals surface area (Å²) in [6, 6.07) is 13.8. The Kier molecular flexibility index (Phi) is 4.52. The lowest BCUT2D eigenvalue weighted by molar-refractivity contribution is 0.00695. The third-order valence-electron chi connectivity index (χ3n) is 2.89. The summed E-state index contributed by atoms with van der Waals surface area (Å²) in [6.07, 6.45) is 0. The van der Waals surface area contributed by atoms with E-state index in [1.165, 1.54) is 0 Å². The van der Waals surface area contributed by atoms with Crippen molar-refractivity contribution in [2.45, 2.75) is 33.3 Å². The number of rotatable bonds is 2. The molecule has 0 amide bonds. The molecule has 0 aliphatic heterocycles. The Morgan fingerprint density at radius 1 is 1.00 bits per heavy atom. The number of carbonyl (C=O) groups excluding carboxylic acids is 1. The lowest BCUT2D eigenvalue weighted by Crippen LogP contribution is -2.23. The third kappa shape index (κ3) is 4.43. The van der Waals surface area contributed by atoms with Gasteiger partial charge in [-0.2, -0.15) is 0 Å². The zero-order valence-corrected chi connectivity index (χ0v) is 14.3. The van der Waals surface area contributed by atoms with Gasteiger partial charge in [0.2, 0.25) is 0 Å². The van der Waals surface area contributed by atoms with Gasteiger partial charge in [0.15, 0.2) is 0 Å². The normalized spacial score (nSPS) is 11.3. The van der Waals surface area contributed by atoms with E-state index in [2.05, 4.69) is 22.0 Å². The number of esters is 1. The lowest BCUT2D eigenvalue weighted by Gasteiger charge is -2.20. The van der Waals surface area contributed by atoms with Crippen LogP contribution in [0.5, 0.6) is 0 Å². The Labute approximate surface area is 134 Å². The maximum atomic E-state index is 12.2. The van der Waals surface area contributed by atoms with E-state index < -0.39 is 5.60 Å². The van der Waals surface area contributed by atoms with Crippen molar-refractivity contribution in [3.05, 3.63) is 58.1 Å². The molecule has 0 bridgehead atoms. The summed E-state index contributed by atoms with van der Waals surface area (Å²) in [5.41, 5.74) is 3.23. The maximum Gasteiger partial charge on any atom is 0.338 e. The van der Waals surface area contributed by atoms with Gasteiger partial charge in [-0.05, 0) is 68.7 Å². The second-order valence-corrected chi connectivity index (χ2v) is 7.01. The molecule has 2 nitrogen and oxygen atoms in total. The molecule has 0 saturated carbocycles. The number of hydrogen-bond donors (Lipinski definition) is 0. The van der Waals surface area contributed by atoms with Crippen molar-refractivity contribution in [1.82, 2.24) is 0 Å². The standard InChI is InChI=1S/C18H19BrO2/c1-12-9-14(13-5-7-16(19)8-6-13)11-15(10-12)17(20)21-18(2,3)4/h5-11H,1-4H3. The summed E-state index contributed by atoms with van der Waals surface area (Å²) in [5.74, 6) is -0.287. The highest BCUT2D eigenvalue weighted by Gasteiger charge is 2.18. The van der Waals surface area contributed by atoms with Gasteiger partial charge in [0.1, 0.15) is 5.60 Å². The Hall–Kier alpha value is -1.61. The number of halogens is 1. The van der Waals surface area contributed by atoms with Crippen molar-refractivity contribution < 1.29 is 9.53 Å². The number of carbonyl (C=O) groups is 1. The van der Waals surface area contributed by atoms with Crippen LogP contribution in [0, 0.1) is 6.92 Å². The van der Waals surface area contributed by atoms with Crippen molar-refractivity contribution in [1.29, 1.82) is 0 Å². The van der Waals surface area contributed by atoms with Crippen LogP contribution in [0.25, 0.3) is 11.1 Å². The second kappa shape index (κ2) is 6.02. The molecular formula is C18H19BrO2. The van der Waals surface area contributed by atoms with E-state index in [-0.39, 0.29) is 5.97 Å². The molecule has 0 radical (unpaired) electrons. The first-order valence-corrected chi connectivity index (χ1v) is 7.65. The average molecular weight is 347 g/mol. The minimum absolute atomic E-state index is 0.287. The van der Waals surface area contributed by atoms with Crippen LogP contribution in [0.1, 0.15) is 36.7 Å². The van der Waals surface area contributed by atoms with Gasteiger partial charge in [-0.1, -0.05) is 34.1 Å². The van der Waals surface area contributed by atoms with E-state index >= 15 is 0 Å². The molecule has 0 N–H and O–H groups in total. The van der Waals surface area contributed by atoms with Crippen LogP contribution in [0.2, 0.25) is 0 Å². The predicted molar refractivity (Wildman–Crippen MR) is 89.5 cm³/mol. The summed E-state index contributed by atoms with van der Waals surface area (Å²) in [6.45, 7) is 7.60. The van der Waals surface area contributed by atoms with E-state index in [1.54, 1.807) is 0 Å². The van der Waals surface area contributed by atoms with E-state index in [4.69, 9.17) is 4.74 Å². The number of hydrogen-bond acceptors (Lipinski definition) is 2. The van der Waals surface area contributed by atoms with E-state index in [9.17, 15) is 4.79 Å². The quantitative estimate of drug-likeness (QED) is 0.682. The van der Waals surface area contributed by atoms with E-state index in [0.717, 1.165) is 21.2 Å². The number of aryl methyl sites for hydroxylation is 1. The minimum atomic E-state index is -0.487. The van der Waals surface area contributed by atoms with Gasteiger partial charge in [0.05, 0.1) is 5.56 Å². The van der Waals surface area contributed by atoms with Crippen LogP contribution in [-0.4, -0.2) is 11.6 Å². The van der Waals surface area contributed by atoms with Gasteiger partial charge < -0.3 is 4.74 Å². The molecule has 3 heteroatoms. The summed E-state index contributed by atoms with van der Waals surface area (Å²) in [4.78, 5) is 12.2. The van der Waals surface area contributed by atoms with Crippen molar-refractivity contribution in [3.63, 3.8) is 0 Å². The van der Waals surface area contributed by atoms with Gasteiger partial charge in [-0.25, -0.2) is 4.79 Å². The lowest BCUT2D eigenvalue weighted by atomic mass is 10.0. The van der Waals surface area contributed by atoms with Crippen molar-refractivity contribution >= 4 is 21.9 Å². The van der Waals surface area contributed by atoms with Crippen molar-refractivity contribution in [3.8, 4) is 11.1 Å². The first kappa shape index (κ1) is 15.8. The molecule has 0 fully saturated rings. The molecule has 0 atom stereocenters. The van der Waals surface area contributed by atoms with Gasteiger partial charge in [0, 0.05) is 4.47 Å². The SMILES string of the molecule is Cc1cc(C(=O)OC(C)(C)C)cc(-c2ccc(Br)cc2)c1. The Balaban J connectivity index is 2.37. The van der Waals surface area contributed by atoms with Crippen LogP contribution in [0.15, 0.2) is 46.9 Å². The van der Waals surface area contributed by atoms with Crippen LogP contribution >= 0.6 is 15.9 Å². The Bertz CT molecular complexity index is 652. The highest BCUT2D eigenvalue weighted by Crippen LogP contribution is 2.25. The molecule has 0 heterocycles. The molecule has 0 saturated heterocycles. The summed E-state index contributed by atoms with van der Waals surface area (Å²) in [5, 5.41) is 0. The first-order valence-electron chi connectivity index (χ1n) is 6.85. The van der Waals surface area contributed by atoms with Crippen molar-refractivity contribution in [2.24, 2.45) is 0 Å². The molecule has 2 aromatic rings. The van der Waals surface area contributed by atoms with E-state index in [0.29, 0.717) is 5.56 Å². The number of benzene rings is 2. The molecule has 0 spiro atoms. The molecule has 110 valence electrons. The van der Waals surface area contributed by atoms with E-state index in [1.807, 2.05) is 64.1 Å². The summed E-state index contributed by atoms with van der Waals surface area (Å²) in [7, 11) is 0. The van der Waals surface area contributed by atoms with Crippen LogP contribution < -0.4 is 0 Å². The minimum Gasteiger partial charge on any atom is -0.456 e. The summed E-state index contributed by atoms with van der Waals surface area (Å²) < 4.78 is 6.48. The largest absolute Gasteiger partial charge is 0.456 e. The monoisotopic (exact) mass is 346 g/mol. The van der Waals surface area contributed by atoms with Crippen LogP contribution in [0.3, 0.4) is 0 Å². The fourth-order valence-electron chi connectivity index (χ4n) is 2.05. The fraction of sp³-hybridized carbons (Fsp3) is 0.278. The second-order valence-electron chi connectivity index (χ2n) is 6.10. The molecule has 2 rings (SSSR count). The molecule has 0 aliphatic carbocycles. The zero-order valence-electron chi connectivity index (χ0n) is 12.7. The fourth-order valence-corrected chi connectivity index (χ4v) is 2.31. The smallest absolute Gasteiger partial charge is 0.338 e. The van der Waals surface area contributed by atoms with Gasteiger partial charge in [-0.3, -0.25) is 0 Å². The summed E-state index contributed by atoms with van der Waals surface area (Å²) >= 11 is 3.43. The van der Waals surface area contributed by atoms with Crippen LogP contribution in [0.4, 0.5) is 0 Å². The average Bonchev–Trinajstić information content (AvgIpc) is 2.36. The molecule has 2 aromatic carbocycles. The van der Waals surface area contributed by atoms with Gasteiger partial charge in [0.25, 0.3) is 0 Å². The molecule has 0 aliphatic rings. The Morgan fingerprint density at radius 3 is 2.19 bits per heavy atom. The predicted octanol–water partition coefficient (Wildman–Crippen LogP) is 5.38. The highest BCUT2D eigenvalue weighted by atomic mass is 79.9.